The highest BCUT2D eigenvalue weighted by Crippen LogP contribution is 2.34. The van der Waals surface area contributed by atoms with Crippen LogP contribution in [0.15, 0.2) is 24.4 Å². The molecule has 0 radical (unpaired) electrons. The van der Waals surface area contributed by atoms with Crippen molar-refractivity contribution in [3.8, 4) is 5.75 Å². The summed E-state index contributed by atoms with van der Waals surface area (Å²) in [5.41, 5.74) is 2.16. The van der Waals surface area contributed by atoms with Crippen LogP contribution < -0.4 is 0 Å². The number of hydrogen-bond acceptors (Lipinski definition) is 1. The molecular weight excluding hydrogens is 200 g/mol. The maximum Gasteiger partial charge on any atom is 0.125 e. The summed E-state index contributed by atoms with van der Waals surface area (Å²) in [4.78, 5) is 3.21. The fourth-order valence-electron chi connectivity index (χ4n) is 1.94. The summed E-state index contributed by atoms with van der Waals surface area (Å²) in [7, 11) is 6.47. The van der Waals surface area contributed by atoms with E-state index in [0.717, 1.165) is 15.4 Å². The summed E-state index contributed by atoms with van der Waals surface area (Å²) in [5.74, 6) is 0.356. The molecular formula is C13H19N2O+. The van der Waals surface area contributed by atoms with Crippen LogP contribution >= 0.6 is 0 Å². The molecule has 3 heteroatoms. The minimum atomic E-state index is 0.335. The van der Waals surface area contributed by atoms with Gasteiger partial charge in [-0.15, -0.1) is 0 Å². The van der Waals surface area contributed by atoms with Crippen LogP contribution in [0, 0.1) is 0 Å². The number of phenolic OH excluding ortho intramolecular Hbond substituents is 1. The lowest BCUT2D eigenvalue weighted by molar-refractivity contribution is -0.900. The lowest BCUT2D eigenvalue weighted by Gasteiger charge is -2.31. The van der Waals surface area contributed by atoms with Gasteiger partial charge in [0.05, 0.1) is 26.5 Å². The molecule has 0 bridgehead atoms. The quantitative estimate of drug-likeness (QED) is 0.748. The minimum Gasteiger partial charge on any atom is -0.507 e. The van der Waals surface area contributed by atoms with Crippen molar-refractivity contribution in [1.29, 1.82) is 0 Å². The molecule has 16 heavy (non-hydrogen) atoms. The fraction of sp³-hybridized carbons (Fsp3) is 0.385. The molecule has 0 aliphatic rings. The van der Waals surface area contributed by atoms with Crippen LogP contribution in [-0.4, -0.2) is 35.7 Å². The Labute approximate surface area is 95.9 Å². The fourth-order valence-corrected chi connectivity index (χ4v) is 1.94. The van der Waals surface area contributed by atoms with E-state index in [1.807, 2.05) is 18.3 Å². The summed E-state index contributed by atoms with van der Waals surface area (Å²) < 4.78 is 0.835. The molecule has 0 saturated heterocycles. The third-order valence-corrected chi connectivity index (χ3v) is 3.33. The molecule has 2 aromatic rings. The molecule has 0 amide bonds. The number of hydrogen-bond donors (Lipinski definition) is 2. The molecule has 86 valence electrons. The van der Waals surface area contributed by atoms with Gasteiger partial charge in [-0.2, -0.15) is 0 Å². The zero-order valence-electron chi connectivity index (χ0n) is 10.3. The standard InChI is InChI=1S/C13H18N2O/c1-9(15(2,3)4)10-8-14-11-6-5-7-12(16)13(10)11/h5-9,14H,1-4H3/p+1. The topological polar surface area (TPSA) is 36.0 Å². The first-order valence-electron chi connectivity index (χ1n) is 5.51. The van der Waals surface area contributed by atoms with Crippen molar-refractivity contribution < 1.29 is 9.59 Å². The summed E-state index contributed by atoms with van der Waals surface area (Å²) in [6, 6.07) is 5.92. The number of benzene rings is 1. The molecule has 0 aliphatic carbocycles. The number of nitrogens with zero attached hydrogens (tertiary/aromatic N) is 1. The van der Waals surface area contributed by atoms with E-state index in [1.54, 1.807) is 6.07 Å². The van der Waals surface area contributed by atoms with E-state index in [2.05, 4.69) is 33.1 Å². The SMILES string of the molecule is CC(c1c[nH]c2cccc(O)c12)[N+](C)(C)C. The van der Waals surface area contributed by atoms with Crippen molar-refractivity contribution in [2.75, 3.05) is 21.1 Å². The first-order valence-corrected chi connectivity index (χ1v) is 5.51. The number of quaternary nitrogens is 1. The highest BCUT2D eigenvalue weighted by molar-refractivity contribution is 5.89. The number of rotatable bonds is 2. The Morgan fingerprint density at radius 3 is 2.56 bits per heavy atom. The highest BCUT2D eigenvalue weighted by atomic mass is 16.3. The van der Waals surface area contributed by atoms with Crippen molar-refractivity contribution in [2.45, 2.75) is 13.0 Å². The second-order valence-electron chi connectivity index (χ2n) is 5.24. The Kier molecular flexibility index (Phi) is 2.43. The summed E-state index contributed by atoms with van der Waals surface area (Å²) >= 11 is 0. The van der Waals surface area contributed by atoms with E-state index in [-0.39, 0.29) is 0 Å². The lowest BCUT2D eigenvalue weighted by atomic mass is 10.0. The predicted molar refractivity (Wildman–Crippen MR) is 66.4 cm³/mol. The molecule has 1 unspecified atom stereocenters. The van der Waals surface area contributed by atoms with Gasteiger partial charge in [-0.3, -0.25) is 0 Å². The lowest BCUT2D eigenvalue weighted by Crippen LogP contribution is -2.37. The van der Waals surface area contributed by atoms with Gasteiger partial charge in [-0.25, -0.2) is 0 Å². The molecule has 3 nitrogen and oxygen atoms in total. The van der Waals surface area contributed by atoms with Crippen molar-refractivity contribution in [3.63, 3.8) is 0 Å². The van der Waals surface area contributed by atoms with Crippen LogP contribution in [0.2, 0.25) is 0 Å². The number of phenols is 1. The summed E-state index contributed by atoms with van der Waals surface area (Å²) in [5, 5.41) is 10.9. The summed E-state index contributed by atoms with van der Waals surface area (Å²) in [6.45, 7) is 2.18. The van der Waals surface area contributed by atoms with Crippen LogP contribution in [0.5, 0.6) is 5.75 Å². The average Bonchev–Trinajstić information content (AvgIpc) is 2.60. The maximum atomic E-state index is 9.93. The maximum absolute atomic E-state index is 9.93. The Balaban J connectivity index is 2.62. The van der Waals surface area contributed by atoms with Crippen molar-refractivity contribution >= 4 is 10.9 Å². The van der Waals surface area contributed by atoms with Gasteiger partial charge in [0.2, 0.25) is 0 Å². The monoisotopic (exact) mass is 219 g/mol. The Hall–Kier alpha value is -1.48. The number of aromatic nitrogens is 1. The number of fused-ring (bicyclic) bond motifs is 1. The van der Waals surface area contributed by atoms with E-state index in [0.29, 0.717) is 11.8 Å². The molecule has 1 aromatic carbocycles. The zero-order valence-corrected chi connectivity index (χ0v) is 10.3. The van der Waals surface area contributed by atoms with Gasteiger partial charge in [0, 0.05) is 17.3 Å². The third-order valence-electron chi connectivity index (χ3n) is 3.33. The molecule has 0 spiro atoms. The van der Waals surface area contributed by atoms with Crippen LogP contribution in [0.25, 0.3) is 10.9 Å². The number of nitrogens with one attached hydrogen (secondary N) is 1. The molecule has 1 aromatic heterocycles. The molecule has 1 atom stereocenters. The van der Waals surface area contributed by atoms with Crippen molar-refractivity contribution in [2.24, 2.45) is 0 Å². The number of aromatic amines is 1. The van der Waals surface area contributed by atoms with Crippen molar-refractivity contribution in [1.82, 2.24) is 4.98 Å². The normalized spacial score (nSPS) is 14.2. The van der Waals surface area contributed by atoms with Gasteiger partial charge in [-0.05, 0) is 19.1 Å². The van der Waals surface area contributed by atoms with Gasteiger partial charge >= 0.3 is 0 Å². The van der Waals surface area contributed by atoms with E-state index in [1.165, 1.54) is 5.56 Å². The molecule has 1 heterocycles. The third kappa shape index (κ3) is 1.67. The first kappa shape index (κ1) is 11.0. The first-order chi connectivity index (χ1) is 7.41. The minimum absolute atomic E-state index is 0.335. The van der Waals surface area contributed by atoms with Crippen LogP contribution in [-0.2, 0) is 0 Å². The molecule has 2 N–H and O–H groups in total. The summed E-state index contributed by atoms with van der Waals surface area (Å²) in [6.07, 6.45) is 2.00. The zero-order chi connectivity index (χ0) is 11.9. The van der Waals surface area contributed by atoms with Gasteiger partial charge < -0.3 is 14.6 Å². The van der Waals surface area contributed by atoms with Crippen LogP contribution in [0.4, 0.5) is 0 Å². The van der Waals surface area contributed by atoms with Gasteiger partial charge in [0.15, 0.2) is 0 Å². The Morgan fingerprint density at radius 1 is 1.25 bits per heavy atom. The Bertz CT molecular complexity index is 508. The van der Waals surface area contributed by atoms with E-state index in [9.17, 15) is 5.11 Å². The van der Waals surface area contributed by atoms with Gasteiger partial charge in [-0.1, -0.05) is 6.07 Å². The van der Waals surface area contributed by atoms with Gasteiger partial charge in [0.25, 0.3) is 0 Å². The van der Waals surface area contributed by atoms with E-state index >= 15 is 0 Å². The average molecular weight is 219 g/mol. The van der Waals surface area contributed by atoms with Crippen LogP contribution in [0.1, 0.15) is 18.5 Å². The Morgan fingerprint density at radius 2 is 1.94 bits per heavy atom. The van der Waals surface area contributed by atoms with E-state index < -0.39 is 0 Å². The highest BCUT2D eigenvalue weighted by Gasteiger charge is 2.24. The van der Waals surface area contributed by atoms with Gasteiger partial charge in [0.1, 0.15) is 11.8 Å². The molecule has 2 rings (SSSR count). The molecule has 0 aliphatic heterocycles. The van der Waals surface area contributed by atoms with E-state index in [4.69, 9.17) is 0 Å². The number of H-pyrrole nitrogens is 1. The van der Waals surface area contributed by atoms with Crippen molar-refractivity contribution in [3.05, 3.63) is 30.0 Å². The second-order valence-corrected chi connectivity index (χ2v) is 5.24. The predicted octanol–water partition coefficient (Wildman–Crippen LogP) is 2.64. The number of aromatic hydroxyl groups is 1. The molecule has 0 fully saturated rings. The second kappa shape index (κ2) is 3.52. The smallest absolute Gasteiger partial charge is 0.125 e. The van der Waals surface area contributed by atoms with Crippen LogP contribution in [0.3, 0.4) is 0 Å². The molecule has 0 saturated carbocycles. The largest absolute Gasteiger partial charge is 0.507 e.